The highest BCUT2D eigenvalue weighted by Crippen LogP contribution is 2.00. The molecule has 0 saturated carbocycles. The van der Waals surface area contributed by atoms with Crippen LogP contribution in [0.4, 0.5) is 8.78 Å². The summed E-state index contributed by atoms with van der Waals surface area (Å²) < 4.78 is 28.8. The van der Waals surface area contributed by atoms with E-state index in [0.29, 0.717) is 0 Å². The number of rotatable bonds is 6. The molecule has 0 aliphatic carbocycles. The summed E-state index contributed by atoms with van der Waals surface area (Å²) in [4.78, 5) is 12.3. The van der Waals surface area contributed by atoms with E-state index in [0.717, 1.165) is 4.90 Å². The molecular formula is C8H17ClF2N2O2. The van der Waals surface area contributed by atoms with E-state index in [4.69, 9.17) is 10.5 Å². The number of ether oxygens (including phenoxy) is 1. The van der Waals surface area contributed by atoms with Gasteiger partial charge in [0.25, 0.3) is 6.43 Å². The van der Waals surface area contributed by atoms with Gasteiger partial charge in [0, 0.05) is 13.7 Å². The molecule has 0 aromatic heterocycles. The van der Waals surface area contributed by atoms with E-state index >= 15 is 0 Å². The van der Waals surface area contributed by atoms with Gasteiger partial charge in [0.1, 0.15) is 0 Å². The molecule has 2 N–H and O–H groups in total. The fourth-order valence-electron chi connectivity index (χ4n) is 0.948. The van der Waals surface area contributed by atoms with Crippen LogP contribution in [0, 0.1) is 0 Å². The van der Waals surface area contributed by atoms with E-state index in [9.17, 15) is 13.6 Å². The predicted octanol–water partition coefficient (Wildman–Crippen LogP) is 0.496. The zero-order valence-corrected chi connectivity index (χ0v) is 9.60. The lowest BCUT2D eigenvalue weighted by molar-refractivity contribution is -0.134. The Bertz CT molecular complexity index is 182. The largest absolute Gasteiger partial charge is 0.383 e. The first-order valence-corrected chi connectivity index (χ1v) is 4.30. The summed E-state index contributed by atoms with van der Waals surface area (Å²) in [6.07, 6.45) is -2.55. The van der Waals surface area contributed by atoms with Crippen LogP contribution in [0.2, 0.25) is 0 Å². The summed E-state index contributed by atoms with van der Waals surface area (Å²) in [5, 5.41) is 0. The Balaban J connectivity index is 0. The van der Waals surface area contributed by atoms with Crippen molar-refractivity contribution >= 4 is 18.3 Å². The van der Waals surface area contributed by atoms with Gasteiger partial charge in [0.2, 0.25) is 5.91 Å². The van der Waals surface area contributed by atoms with Gasteiger partial charge in [-0.2, -0.15) is 0 Å². The average molecular weight is 247 g/mol. The summed E-state index contributed by atoms with van der Waals surface area (Å²) in [5.74, 6) is -0.484. The fraction of sp³-hybridized carbons (Fsp3) is 0.875. The average Bonchev–Trinajstić information content (AvgIpc) is 2.10. The molecule has 0 bridgehead atoms. The lowest BCUT2D eigenvalue weighted by atomic mass is 10.3. The number of methoxy groups -OCH3 is 1. The summed E-state index contributed by atoms with van der Waals surface area (Å²) in [5.41, 5.74) is 5.31. The number of hydrogen-bond acceptors (Lipinski definition) is 3. The van der Waals surface area contributed by atoms with Crippen LogP contribution in [0.15, 0.2) is 0 Å². The van der Waals surface area contributed by atoms with Gasteiger partial charge in [0.05, 0.1) is 19.2 Å². The molecule has 0 unspecified atom stereocenters. The molecule has 0 aliphatic heterocycles. The Morgan fingerprint density at radius 1 is 1.53 bits per heavy atom. The van der Waals surface area contributed by atoms with Crippen molar-refractivity contribution < 1.29 is 18.3 Å². The van der Waals surface area contributed by atoms with E-state index in [2.05, 4.69) is 0 Å². The van der Waals surface area contributed by atoms with Crippen molar-refractivity contribution in [3.05, 3.63) is 0 Å². The second-order valence-electron chi connectivity index (χ2n) is 2.96. The van der Waals surface area contributed by atoms with Crippen LogP contribution < -0.4 is 5.73 Å². The van der Waals surface area contributed by atoms with Crippen molar-refractivity contribution in [2.45, 2.75) is 19.4 Å². The van der Waals surface area contributed by atoms with Gasteiger partial charge in [0.15, 0.2) is 0 Å². The minimum Gasteiger partial charge on any atom is -0.383 e. The number of hydrogen-bond donors (Lipinski definition) is 1. The second kappa shape index (κ2) is 8.82. The maximum atomic E-state index is 12.1. The fourth-order valence-corrected chi connectivity index (χ4v) is 0.948. The van der Waals surface area contributed by atoms with Crippen LogP contribution >= 0.6 is 12.4 Å². The van der Waals surface area contributed by atoms with Crippen molar-refractivity contribution in [1.82, 2.24) is 4.90 Å². The van der Waals surface area contributed by atoms with Gasteiger partial charge in [-0.25, -0.2) is 8.78 Å². The minimum atomic E-state index is -2.55. The van der Waals surface area contributed by atoms with Crippen molar-refractivity contribution in [2.75, 3.05) is 26.8 Å². The van der Waals surface area contributed by atoms with Crippen molar-refractivity contribution in [2.24, 2.45) is 5.73 Å². The third-order valence-corrected chi connectivity index (χ3v) is 1.62. The van der Waals surface area contributed by atoms with Gasteiger partial charge in [-0.15, -0.1) is 12.4 Å². The van der Waals surface area contributed by atoms with E-state index < -0.39 is 24.9 Å². The number of nitrogens with zero attached hydrogens (tertiary/aromatic N) is 1. The van der Waals surface area contributed by atoms with Gasteiger partial charge < -0.3 is 15.4 Å². The highest BCUT2D eigenvalue weighted by molar-refractivity contribution is 5.85. The predicted molar refractivity (Wildman–Crippen MR) is 55.4 cm³/mol. The van der Waals surface area contributed by atoms with E-state index in [1.54, 1.807) is 0 Å². The first-order valence-electron chi connectivity index (χ1n) is 4.30. The normalized spacial score (nSPS) is 12.1. The molecule has 0 radical (unpaired) electrons. The third-order valence-electron chi connectivity index (χ3n) is 1.62. The first-order chi connectivity index (χ1) is 6.49. The molecule has 1 amide bonds. The van der Waals surface area contributed by atoms with Crippen LogP contribution in [0.25, 0.3) is 0 Å². The second-order valence-corrected chi connectivity index (χ2v) is 2.96. The Morgan fingerprint density at radius 3 is 2.40 bits per heavy atom. The van der Waals surface area contributed by atoms with Gasteiger partial charge >= 0.3 is 0 Å². The lowest BCUT2D eigenvalue weighted by Crippen LogP contribution is -2.45. The van der Waals surface area contributed by atoms with E-state index in [1.165, 1.54) is 14.0 Å². The molecule has 15 heavy (non-hydrogen) atoms. The molecule has 4 nitrogen and oxygen atoms in total. The van der Waals surface area contributed by atoms with Crippen LogP contribution in [-0.4, -0.2) is 50.1 Å². The summed E-state index contributed by atoms with van der Waals surface area (Å²) in [7, 11) is 1.44. The monoisotopic (exact) mass is 246 g/mol. The number of nitrogens with two attached hydrogens (primary N) is 1. The topological polar surface area (TPSA) is 55.6 Å². The molecule has 0 fully saturated rings. The summed E-state index contributed by atoms with van der Waals surface area (Å²) in [6.45, 7) is 1.24. The Hall–Kier alpha value is -0.460. The number of carbonyl (C=O) groups is 1. The smallest absolute Gasteiger partial charge is 0.255 e. The molecule has 92 valence electrons. The van der Waals surface area contributed by atoms with Crippen LogP contribution in [-0.2, 0) is 9.53 Å². The highest BCUT2D eigenvalue weighted by Gasteiger charge is 2.20. The standard InChI is InChI=1S/C8H16F2N2O2.ClH/c1-6(11)8(13)12(3-4-14-2)5-7(9)10;/h6-7H,3-5,11H2,1-2H3;1H/t6-;/m0./s1. The summed E-state index contributed by atoms with van der Waals surface area (Å²) in [6, 6.07) is -0.759. The SMILES string of the molecule is COCCN(CC(F)F)C(=O)[C@H](C)N.Cl. The number of amides is 1. The Labute approximate surface area is 94.2 Å². The Morgan fingerprint density at radius 2 is 2.07 bits per heavy atom. The maximum absolute atomic E-state index is 12.1. The van der Waals surface area contributed by atoms with Crippen molar-refractivity contribution in [3.8, 4) is 0 Å². The van der Waals surface area contributed by atoms with Gasteiger partial charge in [-0.05, 0) is 6.92 Å². The van der Waals surface area contributed by atoms with Crippen LogP contribution in [0.3, 0.4) is 0 Å². The maximum Gasteiger partial charge on any atom is 0.255 e. The molecule has 0 aromatic carbocycles. The summed E-state index contributed by atoms with van der Waals surface area (Å²) >= 11 is 0. The lowest BCUT2D eigenvalue weighted by Gasteiger charge is -2.23. The van der Waals surface area contributed by atoms with Crippen LogP contribution in [0.5, 0.6) is 0 Å². The van der Waals surface area contributed by atoms with E-state index in [-0.39, 0.29) is 25.6 Å². The molecular weight excluding hydrogens is 230 g/mol. The molecule has 0 aromatic rings. The van der Waals surface area contributed by atoms with Gasteiger partial charge in [-0.3, -0.25) is 4.79 Å². The quantitative estimate of drug-likeness (QED) is 0.742. The molecule has 0 aliphatic rings. The number of halogens is 3. The molecule has 1 atom stereocenters. The number of alkyl halides is 2. The number of carbonyl (C=O) groups excluding carboxylic acids is 1. The molecule has 0 saturated heterocycles. The molecule has 0 rings (SSSR count). The minimum absolute atomic E-state index is 0. The molecule has 0 heterocycles. The first kappa shape index (κ1) is 17.0. The Kier molecular flexibility index (Phi) is 9.96. The van der Waals surface area contributed by atoms with Crippen molar-refractivity contribution in [1.29, 1.82) is 0 Å². The molecule has 7 heteroatoms. The zero-order chi connectivity index (χ0) is 11.1. The zero-order valence-electron chi connectivity index (χ0n) is 8.78. The molecule has 0 spiro atoms. The van der Waals surface area contributed by atoms with Gasteiger partial charge in [-0.1, -0.05) is 0 Å². The van der Waals surface area contributed by atoms with Crippen molar-refractivity contribution in [3.63, 3.8) is 0 Å². The van der Waals surface area contributed by atoms with E-state index in [1.807, 2.05) is 0 Å². The third kappa shape index (κ3) is 7.47. The highest BCUT2D eigenvalue weighted by atomic mass is 35.5. The van der Waals surface area contributed by atoms with Crippen LogP contribution in [0.1, 0.15) is 6.92 Å².